The van der Waals surface area contributed by atoms with Gasteiger partial charge in [0.05, 0.1) is 25.1 Å². The summed E-state index contributed by atoms with van der Waals surface area (Å²) in [5, 5.41) is 0.568. The number of esters is 1. The number of methoxy groups -OCH3 is 1. The minimum Gasteiger partial charge on any atom is -0.495 e. The molecule has 3 rings (SSSR count). The van der Waals surface area contributed by atoms with E-state index >= 15 is 0 Å². The number of aromatic nitrogens is 1. The number of carbonyl (C=O) groups excluding carboxylic acids is 2. The number of nitrogens with zero attached hydrogens (tertiary/aromatic N) is 1. The van der Waals surface area contributed by atoms with E-state index in [-0.39, 0.29) is 12.4 Å². The fourth-order valence-electron chi connectivity index (χ4n) is 3.58. The zero-order chi connectivity index (χ0) is 22.5. The van der Waals surface area contributed by atoms with Gasteiger partial charge in [-0.1, -0.05) is 17.7 Å². The second kappa shape index (κ2) is 9.71. The Labute approximate surface area is 186 Å². The molecule has 0 radical (unpaired) electrons. The summed E-state index contributed by atoms with van der Waals surface area (Å²) in [7, 11) is 1.59. The van der Waals surface area contributed by atoms with Crippen LogP contribution in [0, 0.1) is 6.92 Å². The molecule has 3 aromatic rings. The predicted octanol–water partition coefficient (Wildman–Crippen LogP) is 4.71. The highest BCUT2D eigenvalue weighted by Gasteiger charge is 2.19. The molecule has 0 spiro atoms. The molecule has 0 aliphatic heterocycles. The summed E-state index contributed by atoms with van der Waals surface area (Å²) in [5.74, 6) is -0.106. The van der Waals surface area contributed by atoms with Crippen LogP contribution in [0.2, 0.25) is 5.02 Å². The summed E-state index contributed by atoms with van der Waals surface area (Å²) in [4.78, 5) is 23.5. The minimum absolute atomic E-state index is 0.244. The lowest BCUT2D eigenvalue weighted by Gasteiger charge is -2.17. The number of benzene rings is 2. The molecule has 0 aliphatic carbocycles. The maximum atomic E-state index is 12.0. The normalized spacial score (nSPS) is 10.7. The Hall–Kier alpha value is -3.25. The van der Waals surface area contributed by atoms with Crippen LogP contribution >= 0.6 is 11.6 Å². The van der Waals surface area contributed by atoms with Crippen molar-refractivity contribution >= 4 is 23.5 Å². The molecule has 2 aromatic carbocycles. The Morgan fingerprint density at radius 2 is 1.90 bits per heavy atom. The Kier molecular flexibility index (Phi) is 7.02. The largest absolute Gasteiger partial charge is 0.495 e. The van der Waals surface area contributed by atoms with Gasteiger partial charge in [-0.25, -0.2) is 0 Å². The van der Waals surface area contributed by atoms with E-state index in [0.717, 1.165) is 28.1 Å². The van der Waals surface area contributed by atoms with Crippen molar-refractivity contribution in [1.82, 2.24) is 4.57 Å². The van der Waals surface area contributed by atoms with Gasteiger partial charge in [-0.3, -0.25) is 9.59 Å². The lowest BCUT2D eigenvalue weighted by Crippen LogP contribution is -2.11. The number of hydrogen-bond donors (Lipinski definition) is 1. The van der Waals surface area contributed by atoms with Crippen LogP contribution in [0.1, 0.15) is 34.8 Å². The van der Waals surface area contributed by atoms with Crippen LogP contribution < -0.4 is 10.5 Å². The molecule has 0 saturated carbocycles. The number of aryl methyl sites for hydroxylation is 2. The van der Waals surface area contributed by atoms with Gasteiger partial charge < -0.3 is 19.8 Å². The number of amides is 1. The lowest BCUT2D eigenvalue weighted by molar-refractivity contribution is -0.143. The molecule has 6 nitrogen and oxygen atoms in total. The molecule has 1 aromatic heterocycles. The molecule has 0 fully saturated rings. The van der Waals surface area contributed by atoms with Crippen LogP contribution in [0.25, 0.3) is 16.9 Å². The number of halogens is 1. The number of hydrogen-bond acceptors (Lipinski definition) is 4. The third-order valence-electron chi connectivity index (χ3n) is 5.04. The maximum Gasteiger partial charge on any atom is 0.306 e. The molecule has 0 aliphatic rings. The van der Waals surface area contributed by atoms with Crippen molar-refractivity contribution in [2.45, 2.75) is 26.7 Å². The highest BCUT2D eigenvalue weighted by Crippen LogP contribution is 2.35. The minimum atomic E-state index is -0.480. The number of primary amides is 1. The van der Waals surface area contributed by atoms with Crippen LogP contribution in [0.4, 0.5) is 0 Å². The molecule has 162 valence electrons. The Morgan fingerprint density at radius 1 is 1.13 bits per heavy atom. The van der Waals surface area contributed by atoms with Crippen LogP contribution in [0.3, 0.4) is 0 Å². The average molecular weight is 441 g/mol. The monoisotopic (exact) mass is 440 g/mol. The maximum absolute atomic E-state index is 12.0. The van der Waals surface area contributed by atoms with Crippen LogP contribution in [0.5, 0.6) is 5.75 Å². The van der Waals surface area contributed by atoms with Gasteiger partial charge in [-0.15, -0.1) is 0 Å². The van der Waals surface area contributed by atoms with Gasteiger partial charge in [0, 0.05) is 34.8 Å². The molecule has 1 amide bonds. The second-order valence-corrected chi connectivity index (χ2v) is 7.51. The standard InChI is InChI=1S/C24H25ClN2O4/c1-4-31-22(28)10-6-16-11-12-27(20-9-7-18(25)14-21(20)30-3)23(16)19-8-5-17(24(26)29)13-15(19)2/h5,7-9,11-14H,4,6,10H2,1-3H3,(H2,26,29). The summed E-state index contributed by atoms with van der Waals surface area (Å²) < 4.78 is 12.6. The van der Waals surface area contributed by atoms with E-state index in [9.17, 15) is 9.59 Å². The van der Waals surface area contributed by atoms with E-state index in [1.807, 2.05) is 35.9 Å². The van der Waals surface area contributed by atoms with E-state index in [0.29, 0.717) is 29.4 Å². The second-order valence-electron chi connectivity index (χ2n) is 7.07. The third-order valence-corrected chi connectivity index (χ3v) is 5.28. The van der Waals surface area contributed by atoms with Crippen molar-refractivity contribution in [3.05, 3.63) is 70.4 Å². The first-order valence-corrected chi connectivity index (χ1v) is 10.3. The van der Waals surface area contributed by atoms with Crippen LogP contribution in [-0.4, -0.2) is 30.2 Å². The summed E-state index contributed by atoms with van der Waals surface area (Å²) in [5.41, 5.74) is 10.4. The zero-order valence-electron chi connectivity index (χ0n) is 17.8. The topological polar surface area (TPSA) is 83.6 Å². The lowest BCUT2D eigenvalue weighted by atomic mass is 9.98. The van der Waals surface area contributed by atoms with Gasteiger partial charge in [0.25, 0.3) is 0 Å². The highest BCUT2D eigenvalue weighted by molar-refractivity contribution is 6.30. The first-order chi connectivity index (χ1) is 14.8. The highest BCUT2D eigenvalue weighted by atomic mass is 35.5. The van der Waals surface area contributed by atoms with Gasteiger partial charge in [0.2, 0.25) is 5.91 Å². The molecular formula is C24H25ClN2O4. The number of ether oxygens (including phenoxy) is 2. The quantitative estimate of drug-likeness (QED) is 0.514. The average Bonchev–Trinajstić information content (AvgIpc) is 3.15. The Balaban J connectivity index is 2.15. The van der Waals surface area contributed by atoms with Gasteiger partial charge in [0.15, 0.2) is 0 Å². The summed E-state index contributed by atoms with van der Waals surface area (Å²) in [6.07, 6.45) is 2.71. The number of carbonyl (C=O) groups is 2. The van der Waals surface area contributed by atoms with Crippen molar-refractivity contribution < 1.29 is 19.1 Å². The van der Waals surface area contributed by atoms with E-state index in [1.165, 1.54) is 0 Å². The fourth-order valence-corrected chi connectivity index (χ4v) is 3.74. The van der Waals surface area contributed by atoms with Gasteiger partial charge in [-0.2, -0.15) is 0 Å². The van der Waals surface area contributed by atoms with Gasteiger partial charge in [-0.05, 0) is 61.7 Å². The van der Waals surface area contributed by atoms with E-state index in [4.69, 9.17) is 26.8 Å². The summed E-state index contributed by atoms with van der Waals surface area (Å²) >= 11 is 6.15. The first-order valence-electron chi connectivity index (χ1n) is 9.96. The Morgan fingerprint density at radius 3 is 2.55 bits per heavy atom. The molecular weight excluding hydrogens is 416 g/mol. The fraction of sp³-hybridized carbons (Fsp3) is 0.250. The predicted molar refractivity (Wildman–Crippen MR) is 121 cm³/mol. The molecule has 31 heavy (non-hydrogen) atoms. The van der Waals surface area contributed by atoms with E-state index in [2.05, 4.69) is 0 Å². The molecule has 1 heterocycles. The molecule has 0 bridgehead atoms. The number of rotatable bonds is 8. The smallest absolute Gasteiger partial charge is 0.306 e. The van der Waals surface area contributed by atoms with Crippen molar-refractivity contribution in [3.8, 4) is 22.7 Å². The van der Waals surface area contributed by atoms with Crippen molar-refractivity contribution in [1.29, 1.82) is 0 Å². The molecule has 0 unspecified atom stereocenters. The van der Waals surface area contributed by atoms with Gasteiger partial charge >= 0.3 is 5.97 Å². The van der Waals surface area contributed by atoms with Crippen molar-refractivity contribution in [3.63, 3.8) is 0 Å². The molecule has 0 saturated heterocycles. The van der Waals surface area contributed by atoms with Crippen molar-refractivity contribution in [2.24, 2.45) is 5.73 Å². The third kappa shape index (κ3) is 4.91. The van der Waals surface area contributed by atoms with Crippen molar-refractivity contribution in [2.75, 3.05) is 13.7 Å². The van der Waals surface area contributed by atoms with E-state index in [1.54, 1.807) is 38.3 Å². The SMILES string of the molecule is CCOC(=O)CCc1ccn(-c2ccc(Cl)cc2OC)c1-c1ccc(C(N)=O)cc1C. The van der Waals surface area contributed by atoms with E-state index < -0.39 is 5.91 Å². The molecule has 2 N–H and O–H groups in total. The first kappa shape index (κ1) is 22.4. The molecule has 7 heteroatoms. The molecule has 0 atom stereocenters. The van der Waals surface area contributed by atoms with Gasteiger partial charge in [0.1, 0.15) is 5.75 Å². The van der Waals surface area contributed by atoms with Crippen LogP contribution in [-0.2, 0) is 16.0 Å². The zero-order valence-corrected chi connectivity index (χ0v) is 18.5. The van der Waals surface area contributed by atoms with Crippen LogP contribution in [0.15, 0.2) is 48.7 Å². The summed E-state index contributed by atoms with van der Waals surface area (Å²) in [6, 6.07) is 12.8. The summed E-state index contributed by atoms with van der Waals surface area (Å²) in [6.45, 7) is 4.06. The Bertz CT molecular complexity index is 1120. The number of nitrogens with two attached hydrogens (primary N) is 1.